The van der Waals surface area contributed by atoms with Crippen LogP contribution in [-0.2, 0) is 9.47 Å². The van der Waals surface area contributed by atoms with Gasteiger partial charge in [-0.3, -0.25) is 0 Å². The van der Waals surface area contributed by atoms with E-state index in [1.165, 1.54) is 0 Å². The van der Waals surface area contributed by atoms with Crippen LogP contribution in [0.15, 0.2) is 0 Å². The van der Waals surface area contributed by atoms with E-state index >= 15 is 0 Å². The Balaban J connectivity index is 2.21. The fraction of sp³-hybridized carbons (Fsp3) is 0.714. The van der Waals surface area contributed by atoms with Crippen molar-refractivity contribution in [2.45, 2.75) is 32.3 Å². The molecule has 1 aliphatic rings. The topological polar surface area (TPSA) is 91.5 Å². The molecule has 21 heavy (non-hydrogen) atoms. The summed E-state index contributed by atoms with van der Waals surface area (Å²) in [4.78, 5) is 8.91. The van der Waals surface area contributed by atoms with Gasteiger partial charge >= 0.3 is 0 Å². The molecule has 0 spiro atoms. The summed E-state index contributed by atoms with van der Waals surface area (Å²) in [5.74, 6) is 1.64. The minimum Gasteiger partial charge on any atom is -0.476 e. The zero-order valence-electron chi connectivity index (χ0n) is 12.7. The first kappa shape index (κ1) is 15.8. The summed E-state index contributed by atoms with van der Waals surface area (Å²) in [6.45, 7) is 4.55. The summed E-state index contributed by atoms with van der Waals surface area (Å²) in [5.41, 5.74) is 6.51. The summed E-state index contributed by atoms with van der Waals surface area (Å²) >= 11 is 0. The third kappa shape index (κ3) is 4.18. The van der Waals surface area contributed by atoms with Gasteiger partial charge in [0.25, 0.3) is 0 Å². The summed E-state index contributed by atoms with van der Waals surface area (Å²) < 4.78 is 16.3. The monoisotopic (exact) mass is 296 g/mol. The Bertz CT molecular complexity index is 450. The Hall–Kier alpha value is -1.60. The third-order valence-corrected chi connectivity index (χ3v) is 3.19. The van der Waals surface area contributed by atoms with Crippen LogP contribution in [0.1, 0.15) is 38.1 Å². The molecule has 0 saturated carbocycles. The second-order valence-corrected chi connectivity index (χ2v) is 4.92. The molecular weight excluding hydrogens is 272 g/mol. The Kier molecular flexibility index (Phi) is 6.01. The maximum Gasteiger partial charge on any atom is 0.242 e. The lowest BCUT2D eigenvalue weighted by atomic mass is 10.2. The summed E-state index contributed by atoms with van der Waals surface area (Å²) in [6.07, 6.45) is 2.77. The van der Waals surface area contributed by atoms with E-state index < -0.39 is 0 Å². The predicted octanol–water partition coefficient (Wildman–Crippen LogP) is 1.76. The molecule has 7 heteroatoms. The second kappa shape index (κ2) is 7.99. The maximum absolute atomic E-state index is 6.08. The number of nitrogens with one attached hydrogen (secondary N) is 1. The van der Waals surface area contributed by atoms with Crippen molar-refractivity contribution in [3.05, 3.63) is 5.82 Å². The Labute approximate surface area is 125 Å². The number of nitrogens with zero attached hydrogens (tertiary/aromatic N) is 2. The lowest BCUT2D eigenvalue weighted by Crippen LogP contribution is -2.15. The molecule has 7 nitrogen and oxygen atoms in total. The highest BCUT2D eigenvalue weighted by molar-refractivity contribution is 5.67. The molecule has 1 atom stereocenters. The van der Waals surface area contributed by atoms with E-state index in [1.807, 2.05) is 6.92 Å². The highest BCUT2D eigenvalue weighted by Crippen LogP contribution is 2.32. The molecule has 0 aliphatic carbocycles. The normalized spacial score (nSPS) is 17.9. The van der Waals surface area contributed by atoms with Gasteiger partial charge in [0.15, 0.2) is 11.6 Å². The Morgan fingerprint density at radius 3 is 2.90 bits per heavy atom. The molecule has 118 valence electrons. The highest BCUT2D eigenvalue weighted by atomic mass is 16.5. The number of nitrogens with two attached hydrogens (primary N) is 1. The first-order valence-corrected chi connectivity index (χ1v) is 7.40. The molecule has 1 aromatic rings. The average Bonchev–Trinajstić information content (AvgIpc) is 3.02. The van der Waals surface area contributed by atoms with E-state index in [1.54, 1.807) is 7.11 Å². The van der Waals surface area contributed by atoms with Gasteiger partial charge in [0, 0.05) is 20.3 Å². The SMILES string of the molecule is CCCOc1nc(C2CCCO2)nc(NCCOC)c1N. The van der Waals surface area contributed by atoms with Gasteiger partial charge in [0.05, 0.1) is 13.2 Å². The third-order valence-electron chi connectivity index (χ3n) is 3.19. The first-order chi connectivity index (χ1) is 10.3. The van der Waals surface area contributed by atoms with Crippen LogP contribution in [0.4, 0.5) is 11.5 Å². The van der Waals surface area contributed by atoms with E-state index in [0.717, 1.165) is 25.9 Å². The van der Waals surface area contributed by atoms with Crippen LogP contribution in [0.25, 0.3) is 0 Å². The van der Waals surface area contributed by atoms with E-state index in [2.05, 4.69) is 15.3 Å². The minimum atomic E-state index is -0.0717. The molecule has 1 aliphatic heterocycles. The van der Waals surface area contributed by atoms with Crippen molar-refractivity contribution in [3.63, 3.8) is 0 Å². The van der Waals surface area contributed by atoms with Gasteiger partial charge < -0.3 is 25.3 Å². The Morgan fingerprint density at radius 1 is 1.38 bits per heavy atom. The number of hydrogen-bond acceptors (Lipinski definition) is 7. The van der Waals surface area contributed by atoms with Crippen molar-refractivity contribution >= 4 is 11.5 Å². The number of anilines is 2. The van der Waals surface area contributed by atoms with E-state index in [4.69, 9.17) is 19.9 Å². The van der Waals surface area contributed by atoms with Crippen molar-refractivity contribution in [2.75, 3.05) is 44.5 Å². The molecule has 0 radical (unpaired) electrons. The van der Waals surface area contributed by atoms with Crippen LogP contribution in [0.2, 0.25) is 0 Å². The van der Waals surface area contributed by atoms with Crippen LogP contribution in [0.3, 0.4) is 0 Å². The lowest BCUT2D eigenvalue weighted by molar-refractivity contribution is 0.104. The van der Waals surface area contributed by atoms with Crippen molar-refractivity contribution in [3.8, 4) is 5.88 Å². The predicted molar refractivity (Wildman–Crippen MR) is 80.5 cm³/mol. The zero-order chi connectivity index (χ0) is 15.1. The van der Waals surface area contributed by atoms with Crippen LogP contribution in [0, 0.1) is 0 Å². The fourth-order valence-corrected chi connectivity index (χ4v) is 2.11. The van der Waals surface area contributed by atoms with Crippen LogP contribution in [0.5, 0.6) is 5.88 Å². The largest absolute Gasteiger partial charge is 0.476 e. The van der Waals surface area contributed by atoms with Gasteiger partial charge in [0.1, 0.15) is 11.8 Å². The molecule has 3 N–H and O–H groups in total. The van der Waals surface area contributed by atoms with Gasteiger partial charge in [-0.25, -0.2) is 4.98 Å². The molecule has 0 bridgehead atoms. The van der Waals surface area contributed by atoms with Gasteiger partial charge in [-0.2, -0.15) is 4.98 Å². The van der Waals surface area contributed by atoms with Crippen LogP contribution >= 0.6 is 0 Å². The molecule has 1 saturated heterocycles. The number of rotatable bonds is 8. The molecular formula is C14H24N4O3. The van der Waals surface area contributed by atoms with E-state index in [9.17, 15) is 0 Å². The van der Waals surface area contributed by atoms with Gasteiger partial charge in [-0.05, 0) is 19.3 Å². The van der Waals surface area contributed by atoms with Crippen molar-refractivity contribution in [1.29, 1.82) is 0 Å². The molecule has 1 unspecified atom stereocenters. The number of methoxy groups -OCH3 is 1. The number of ether oxygens (including phenoxy) is 3. The number of aromatic nitrogens is 2. The summed E-state index contributed by atoms with van der Waals surface area (Å²) in [7, 11) is 1.65. The van der Waals surface area contributed by atoms with E-state index in [-0.39, 0.29) is 6.10 Å². The average molecular weight is 296 g/mol. The smallest absolute Gasteiger partial charge is 0.242 e. The number of nitrogen functional groups attached to an aromatic ring is 1. The fourth-order valence-electron chi connectivity index (χ4n) is 2.11. The summed E-state index contributed by atoms with van der Waals surface area (Å²) in [6, 6.07) is 0. The first-order valence-electron chi connectivity index (χ1n) is 7.40. The van der Waals surface area contributed by atoms with Crippen LogP contribution < -0.4 is 15.8 Å². The molecule has 2 rings (SSSR count). The minimum absolute atomic E-state index is 0.0717. The standard InChI is InChI=1S/C14H24N4O3/c1-3-7-21-14-11(15)13(16-6-9-19-2)17-12(18-14)10-5-4-8-20-10/h10H,3-9,15H2,1-2H3,(H,16,17,18). The summed E-state index contributed by atoms with van der Waals surface area (Å²) in [5, 5.41) is 3.16. The maximum atomic E-state index is 6.08. The Morgan fingerprint density at radius 2 is 2.24 bits per heavy atom. The van der Waals surface area contributed by atoms with Crippen LogP contribution in [-0.4, -0.2) is 43.4 Å². The second-order valence-electron chi connectivity index (χ2n) is 4.92. The van der Waals surface area contributed by atoms with Gasteiger partial charge in [0.2, 0.25) is 5.88 Å². The molecule has 1 fully saturated rings. The highest BCUT2D eigenvalue weighted by Gasteiger charge is 2.23. The number of hydrogen-bond donors (Lipinski definition) is 2. The molecule has 2 heterocycles. The van der Waals surface area contributed by atoms with Gasteiger partial charge in [-0.15, -0.1) is 0 Å². The van der Waals surface area contributed by atoms with Crippen molar-refractivity contribution in [2.24, 2.45) is 0 Å². The molecule has 1 aromatic heterocycles. The van der Waals surface area contributed by atoms with Crippen molar-refractivity contribution in [1.82, 2.24) is 9.97 Å². The quantitative estimate of drug-likeness (QED) is 0.706. The zero-order valence-corrected chi connectivity index (χ0v) is 12.7. The molecule has 0 aromatic carbocycles. The van der Waals surface area contributed by atoms with Gasteiger partial charge in [-0.1, -0.05) is 6.92 Å². The van der Waals surface area contributed by atoms with E-state index in [0.29, 0.717) is 43.0 Å². The van der Waals surface area contributed by atoms with Crippen molar-refractivity contribution < 1.29 is 14.2 Å². The lowest BCUT2D eigenvalue weighted by Gasteiger charge is -2.16. The molecule has 0 amide bonds.